The molecule has 0 radical (unpaired) electrons. The van der Waals surface area contributed by atoms with E-state index in [4.69, 9.17) is 5.11 Å². The molecular weight excluding hydrogens is 328 g/mol. The Morgan fingerprint density at radius 1 is 1.17 bits per heavy atom. The molecule has 7 heteroatoms. The summed E-state index contributed by atoms with van der Waals surface area (Å²) >= 11 is 0. The fourth-order valence-corrected chi connectivity index (χ4v) is 3.56. The SMILES string of the molecule is CCNS(=O)(=O)c1cc(C(=O)O)ccc1N[C@H](C)c1ccccc1. The number of nitrogens with one attached hydrogen (secondary N) is 2. The Kier molecular flexibility index (Phi) is 5.58. The van der Waals surface area contributed by atoms with Gasteiger partial charge in [0.1, 0.15) is 4.90 Å². The zero-order valence-electron chi connectivity index (χ0n) is 13.5. The van der Waals surface area contributed by atoms with Gasteiger partial charge in [0, 0.05) is 12.6 Å². The molecule has 128 valence electrons. The van der Waals surface area contributed by atoms with Crippen LogP contribution < -0.4 is 10.0 Å². The minimum Gasteiger partial charge on any atom is -0.478 e. The highest BCUT2D eigenvalue weighted by Crippen LogP contribution is 2.27. The second-order valence-electron chi connectivity index (χ2n) is 5.29. The van der Waals surface area contributed by atoms with Crippen molar-refractivity contribution in [3.8, 4) is 0 Å². The van der Waals surface area contributed by atoms with Gasteiger partial charge in [-0.3, -0.25) is 0 Å². The predicted molar refractivity (Wildman–Crippen MR) is 92.7 cm³/mol. The second-order valence-corrected chi connectivity index (χ2v) is 7.03. The summed E-state index contributed by atoms with van der Waals surface area (Å²) < 4.78 is 27.2. The third-order valence-corrected chi connectivity index (χ3v) is 5.11. The van der Waals surface area contributed by atoms with E-state index in [0.717, 1.165) is 5.56 Å². The molecule has 0 aliphatic carbocycles. The van der Waals surface area contributed by atoms with E-state index in [2.05, 4.69) is 10.0 Å². The van der Waals surface area contributed by atoms with Crippen LogP contribution in [0.15, 0.2) is 53.4 Å². The monoisotopic (exact) mass is 348 g/mol. The lowest BCUT2D eigenvalue weighted by Crippen LogP contribution is -2.25. The number of carbonyl (C=O) groups is 1. The van der Waals surface area contributed by atoms with Crippen LogP contribution in [0.25, 0.3) is 0 Å². The molecule has 0 saturated heterocycles. The van der Waals surface area contributed by atoms with E-state index < -0.39 is 16.0 Å². The maximum absolute atomic E-state index is 12.4. The van der Waals surface area contributed by atoms with Gasteiger partial charge in [-0.15, -0.1) is 0 Å². The van der Waals surface area contributed by atoms with E-state index in [1.165, 1.54) is 18.2 Å². The molecule has 0 fully saturated rings. The lowest BCUT2D eigenvalue weighted by Gasteiger charge is -2.19. The first kappa shape index (κ1) is 18.0. The first-order chi connectivity index (χ1) is 11.3. The highest BCUT2D eigenvalue weighted by Gasteiger charge is 2.21. The van der Waals surface area contributed by atoms with Crippen molar-refractivity contribution in [1.82, 2.24) is 4.72 Å². The van der Waals surface area contributed by atoms with Gasteiger partial charge < -0.3 is 10.4 Å². The second kappa shape index (κ2) is 7.46. The van der Waals surface area contributed by atoms with Crippen molar-refractivity contribution in [1.29, 1.82) is 0 Å². The normalized spacial score (nSPS) is 12.6. The van der Waals surface area contributed by atoms with Crippen molar-refractivity contribution < 1.29 is 18.3 Å². The molecular formula is C17H20N2O4S. The van der Waals surface area contributed by atoms with Crippen LogP contribution in [0.1, 0.15) is 35.8 Å². The van der Waals surface area contributed by atoms with E-state index in [0.29, 0.717) is 5.69 Å². The summed E-state index contributed by atoms with van der Waals surface area (Å²) in [6.45, 7) is 3.79. The third-order valence-electron chi connectivity index (χ3n) is 3.52. The third kappa shape index (κ3) is 4.12. The maximum atomic E-state index is 12.4. The van der Waals surface area contributed by atoms with Gasteiger partial charge in [-0.25, -0.2) is 17.9 Å². The Hall–Kier alpha value is -2.38. The first-order valence-electron chi connectivity index (χ1n) is 7.53. The Bertz CT molecular complexity index is 820. The number of aromatic carboxylic acids is 1. The zero-order chi connectivity index (χ0) is 17.7. The fraction of sp³-hybridized carbons (Fsp3) is 0.235. The summed E-state index contributed by atoms with van der Waals surface area (Å²) in [7, 11) is -3.80. The molecule has 2 aromatic rings. The molecule has 0 aliphatic rings. The molecule has 0 aromatic heterocycles. The summed E-state index contributed by atoms with van der Waals surface area (Å²) in [6.07, 6.45) is 0. The number of benzene rings is 2. The van der Waals surface area contributed by atoms with Crippen LogP contribution in [0, 0.1) is 0 Å². The molecule has 0 saturated carbocycles. The number of carboxylic acids is 1. The van der Waals surface area contributed by atoms with E-state index in [-0.39, 0.29) is 23.0 Å². The lowest BCUT2D eigenvalue weighted by molar-refractivity contribution is 0.0696. The molecule has 1 atom stereocenters. The van der Waals surface area contributed by atoms with E-state index >= 15 is 0 Å². The number of carboxylic acid groups (broad SMARTS) is 1. The highest BCUT2D eigenvalue weighted by molar-refractivity contribution is 7.89. The molecule has 0 spiro atoms. The largest absolute Gasteiger partial charge is 0.478 e. The molecule has 24 heavy (non-hydrogen) atoms. The molecule has 3 N–H and O–H groups in total. The molecule has 6 nitrogen and oxygen atoms in total. The van der Waals surface area contributed by atoms with E-state index in [9.17, 15) is 13.2 Å². The van der Waals surface area contributed by atoms with Gasteiger partial charge in [0.2, 0.25) is 10.0 Å². The molecule has 0 aliphatic heterocycles. The first-order valence-corrected chi connectivity index (χ1v) is 9.02. The average Bonchev–Trinajstić information content (AvgIpc) is 2.55. The summed E-state index contributed by atoms with van der Waals surface area (Å²) in [5.74, 6) is -1.18. The summed E-state index contributed by atoms with van der Waals surface area (Å²) in [6, 6.07) is 13.5. The van der Waals surface area contributed by atoms with E-state index in [1.807, 2.05) is 37.3 Å². The van der Waals surface area contributed by atoms with Crippen molar-refractivity contribution >= 4 is 21.7 Å². The Balaban J connectivity index is 2.43. The van der Waals surface area contributed by atoms with E-state index in [1.54, 1.807) is 6.92 Å². The fourth-order valence-electron chi connectivity index (χ4n) is 2.32. The van der Waals surface area contributed by atoms with Crippen LogP contribution in [0.2, 0.25) is 0 Å². The predicted octanol–water partition coefficient (Wildman–Crippen LogP) is 2.86. The molecule has 0 amide bonds. The van der Waals surface area contributed by atoms with Crippen LogP contribution in [0.4, 0.5) is 5.69 Å². The van der Waals surface area contributed by atoms with Crippen molar-refractivity contribution in [2.24, 2.45) is 0 Å². The average molecular weight is 348 g/mol. The van der Waals surface area contributed by atoms with Gasteiger partial charge in [-0.2, -0.15) is 0 Å². The molecule has 0 bridgehead atoms. The van der Waals surface area contributed by atoms with Crippen LogP contribution in [-0.2, 0) is 10.0 Å². The van der Waals surface area contributed by atoms with Crippen molar-refractivity contribution in [3.63, 3.8) is 0 Å². The lowest BCUT2D eigenvalue weighted by atomic mass is 10.1. The Morgan fingerprint density at radius 3 is 2.42 bits per heavy atom. The Labute approximate surface area is 141 Å². The van der Waals surface area contributed by atoms with Gasteiger partial charge in [0.25, 0.3) is 0 Å². The molecule has 2 rings (SSSR count). The molecule has 2 aromatic carbocycles. The standard InChI is InChI=1S/C17H20N2O4S/c1-3-18-24(22,23)16-11-14(17(20)21)9-10-15(16)19-12(2)13-7-5-4-6-8-13/h4-12,18-19H,3H2,1-2H3,(H,20,21)/t12-/m1/s1. The highest BCUT2D eigenvalue weighted by atomic mass is 32.2. The minimum atomic E-state index is -3.80. The van der Waals surface area contributed by atoms with Crippen molar-refractivity contribution in [2.75, 3.05) is 11.9 Å². The quantitative estimate of drug-likeness (QED) is 0.715. The molecule has 0 heterocycles. The van der Waals surface area contributed by atoms with Gasteiger partial charge in [0.15, 0.2) is 0 Å². The minimum absolute atomic E-state index is 0.0768. The van der Waals surface area contributed by atoms with Crippen LogP contribution >= 0.6 is 0 Å². The topological polar surface area (TPSA) is 95.5 Å². The van der Waals surface area contributed by atoms with Gasteiger partial charge in [-0.1, -0.05) is 37.3 Å². The maximum Gasteiger partial charge on any atom is 0.335 e. The van der Waals surface area contributed by atoms with Crippen molar-refractivity contribution in [2.45, 2.75) is 24.8 Å². The smallest absolute Gasteiger partial charge is 0.335 e. The number of sulfonamides is 1. The van der Waals surface area contributed by atoms with Crippen LogP contribution in [0.5, 0.6) is 0 Å². The molecule has 0 unspecified atom stereocenters. The number of hydrogen-bond donors (Lipinski definition) is 3. The zero-order valence-corrected chi connectivity index (χ0v) is 14.3. The van der Waals surface area contributed by atoms with Crippen LogP contribution in [-0.4, -0.2) is 26.0 Å². The van der Waals surface area contributed by atoms with Gasteiger partial charge in [0.05, 0.1) is 11.3 Å². The van der Waals surface area contributed by atoms with Gasteiger partial charge >= 0.3 is 5.97 Å². The number of hydrogen-bond acceptors (Lipinski definition) is 4. The summed E-state index contributed by atoms with van der Waals surface area (Å²) in [4.78, 5) is 11.1. The Morgan fingerprint density at radius 2 is 1.83 bits per heavy atom. The number of rotatable bonds is 7. The number of anilines is 1. The summed E-state index contributed by atoms with van der Waals surface area (Å²) in [5.41, 5.74) is 1.27. The summed E-state index contributed by atoms with van der Waals surface area (Å²) in [5, 5.41) is 12.3. The van der Waals surface area contributed by atoms with Gasteiger partial charge in [-0.05, 0) is 30.7 Å². The van der Waals surface area contributed by atoms with Crippen molar-refractivity contribution in [3.05, 3.63) is 59.7 Å². The van der Waals surface area contributed by atoms with Crippen LogP contribution in [0.3, 0.4) is 0 Å².